The molecule has 0 aliphatic heterocycles. The van der Waals surface area contributed by atoms with Crippen LogP contribution in [-0.4, -0.2) is 61.8 Å². The number of halogens is 1. The van der Waals surface area contributed by atoms with Crippen molar-refractivity contribution in [1.29, 1.82) is 0 Å². The molecule has 2 N–H and O–H groups in total. The second-order valence-electron chi connectivity index (χ2n) is 4.14. The van der Waals surface area contributed by atoms with Crippen molar-refractivity contribution in [2.75, 3.05) is 57.6 Å². The minimum absolute atomic E-state index is 0.529. The van der Waals surface area contributed by atoms with Crippen molar-refractivity contribution in [1.82, 2.24) is 14.9 Å². The summed E-state index contributed by atoms with van der Waals surface area (Å²) in [6, 6.07) is 0. The fraction of sp³-hybridized carbons (Fsp3) is 0.667. The van der Waals surface area contributed by atoms with E-state index in [0.717, 1.165) is 32.8 Å². The number of ether oxygens (including phenoxy) is 1. The fourth-order valence-corrected chi connectivity index (χ4v) is 1.62. The van der Waals surface area contributed by atoms with Crippen molar-refractivity contribution in [3.63, 3.8) is 0 Å². The summed E-state index contributed by atoms with van der Waals surface area (Å²) in [4.78, 5) is 10.6. The number of hydrogen-bond donors (Lipinski definition) is 2. The van der Waals surface area contributed by atoms with Gasteiger partial charge < -0.3 is 20.3 Å². The van der Waals surface area contributed by atoms with E-state index in [-0.39, 0.29) is 0 Å². The molecule has 0 fully saturated rings. The molecule has 1 aromatic heterocycles. The number of likely N-dealkylation sites (N-methyl/N-ethyl adjacent to an activating group) is 1. The maximum atomic E-state index is 6.05. The molecule has 108 valence electrons. The zero-order valence-corrected chi connectivity index (χ0v) is 12.5. The van der Waals surface area contributed by atoms with E-state index in [1.807, 2.05) is 14.0 Å². The molecule has 0 saturated heterocycles. The summed E-state index contributed by atoms with van der Waals surface area (Å²) >= 11 is 6.05. The summed E-state index contributed by atoms with van der Waals surface area (Å²) in [5.74, 6) is 1.25. The lowest BCUT2D eigenvalue weighted by molar-refractivity contribution is 0.163. The molecule has 0 aliphatic carbocycles. The Hall–Kier alpha value is -1.11. The zero-order chi connectivity index (χ0) is 14.1. The monoisotopic (exact) mass is 287 g/mol. The number of hydrogen-bond acceptors (Lipinski definition) is 6. The number of nitrogens with one attached hydrogen (secondary N) is 2. The number of rotatable bonds is 9. The first-order valence-corrected chi connectivity index (χ1v) is 6.73. The van der Waals surface area contributed by atoms with Crippen molar-refractivity contribution in [3.8, 4) is 0 Å². The predicted octanol–water partition coefficient (Wildman–Crippen LogP) is 1.55. The number of aromatic nitrogens is 2. The summed E-state index contributed by atoms with van der Waals surface area (Å²) in [6.45, 7) is 6.06. The van der Waals surface area contributed by atoms with Crippen LogP contribution in [0.1, 0.15) is 6.92 Å². The van der Waals surface area contributed by atoms with Gasteiger partial charge in [-0.05, 0) is 14.0 Å². The van der Waals surface area contributed by atoms with Gasteiger partial charge in [0, 0.05) is 33.3 Å². The Morgan fingerprint density at radius 1 is 1.37 bits per heavy atom. The maximum absolute atomic E-state index is 6.05. The molecule has 7 heteroatoms. The summed E-state index contributed by atoms with van der Waals surface area (Å²) < 4.78 is 5.03. The van der Waals surface area contributed by atoms with Crippen LogP contribution in [0.5, 0.6) is 0 Å². The lowest BCUT2D eigenvalue weighted by atomic mass is 10.5. The fourth-order valence-electron chi connectivity index (χ4n) is 1.46. The highest BCUT2D eigenvalue weighted by molar-refractivity contribution is 6.32. The first kappa shape index (κ1) is 15.9. The van der Waals surface area contributed by atoms with Crippen LogP contribution >= 0.6 is 11.6 Å². The average Bonchev–Trinajstić information content (AvgIpc) is 2.40. The Bertz CT molecular complexity index is 377. The van der Waals surface area contributed by atoms with Gasteiger partial charge in [0.15, 0.2) is 5.82 Å². The van der Waals surface area contributed by atoms with Gasteiger partial charge in [-0.25, -0.2) is 4.98 Å². The molecule has 1 aromatic rings. The molecule has 19 heavy (non-hydrogen) atoms. The van der Waals surface area contributed by atoms with Gasteiger partial charge in [-0.2, -0.15) is 4.98 Å². The van der Waals surface area contributed by atoms with Crippen LogP contribution in [0.3, 0.4) is 0 Å². The number of nitrogens with zero attached hydrogens (tertiary/aromatic N) is 3. The molecule has 0 aliphatic rings. The highest BCUT2D eigenvalue weighted by Crippen LogP contribution is 2.18. The highest BCUT2D eigenvalue weighted by Gasteiger charge is 2.05. The highest BCUT2D eigenvalue weighted by atomic mass is 35.5. The van der Waals surface area contributed by atoms with Gasteiger partial charge in [0.2, 0.25) is 5.95 Å². The quantitative estimate of drug-likeness (QED) is 0.719. The third-order valence-corrected chi connectivity index (χ3v) is 2.82. The number of methoxy groups -OCH3 is 1. The molecular formula is C12H22ClN5O. The topological polar surface area (TPSA) is 62.3 Å². The summed E-state index contributed by atoms with van der Waals surface area (Å²) in [7, 11) is 3.75. The zero-order valence-electron chi connectivity index (χ0n) is 11.7. The Kier molecular flexibility index (Phi) is 7.47. The molecule has 0 atom stereocenters. The van der Waals surface area contributed by atoms with E-state index in [2.05, 4.69) is 25.5 Å². The SMILES string of the molecule is CCNc1ncc(Cl)c(NCCN(C)CCOC)n1. The van der Waals surface area contributed by atoms with Crippen LogP contribution < -0.4 is 10.6 Å². The van der Waals surface area contributed by atoms with Crippen LogP contribution in [-0.2, 0) is 4.74 Å². The second-order valence-corrected chi connectivity index (χ2v) is 4.55. The van der Waals surface area contributed by atoms with E-state index in [0.29, 0.717) is 16.8 Å². The Balaban J connectivity index is 2.41. The van der Waals surface area contributed by atoms with E-state index >= 15 is 0 Å². The first-order chi connectivity index (χ1) is 9.17. The molecule has 1 heterocycles. The summed E-state index contributed by atoms with van der Waals surface area (Å²) in [5.41, 5.74) is 0. The van der Waals surface area contributed by atoms with Crippen molar-refractivity contribution < 1.29 is 4.74 Å². The summed E-state index contributed by atoms with van der Waals surface area (Å²) in [6.07, 6.45) is 1.60. The van der Waals surface area contributed by atoms with E-state index in [1.54, 1.807) is 13.3 Å². The maximum Gasteiger partial charge on any atom is 0.224 e. The molecule has 0 radical (unpaired) electrons. The van der Waals surface area contributed by atoms with Crippen LogP contribution in [0.25, 0.3) is 0 Å². The Morgan fingerprint density at radius 3 is 2.84 bits per heavy atom. The molecular weight excluding hydrogens is 266 g/mol. The molecule has 0 saturated carbocycles. The second kappa shape index (κ2) is 8.90. The van der Waals surface area contributed by atoms with Gasteiger partial charge >= 0.3 is 0 Å². The molecule has 6 nitrogen and oxygen atoms in total. The molecule has 0 aromatic carbocycles. The van der Waals surface area contributed by atoms with Crippen molar-refractivity contribution in [3.05, 3.63) is 11.2 Å². The smallest absolute Gasteiger partial charge is 0.224 e. The van der Waals surface area contributed by atoms with Gasteiger partial charge in [-0.3, -0.25) is 0 Å². The third kappa shape index (κ3) is 6.04. The van der Waals surface area contributed by atoms with Gasteiger partial charge in [0.1, 0.15) is 5.02 Å². The minimum atomic E-state index is 0.529. The van der Waals surface area contributed by atoms with Crippen LogP contribution in [0.2, 0.25) is 5.02 Å². The van der Waals surface area contributed by atoms with Gasteiger partial charge in [-0.1, -0.05) is 11.6 Å². The Labute approximate surface area is 119 Å². The van der Waals surface area contributed by atoms with E-state index in [4.69, 9.17) is 16.3 Å². The van der Waals surface area contributed by atoms with Crippen molar-refractivity contribution in [2.24, 2.45) is 0 Å². The third-order valence-electron chi connectivity index (χ3n) is 2.54. The van der Waals surface area contributed by atoms with Gasteiger partial charge in [0.25, 0.3) is 0 Å². The van der Waals surface area contributed by atoms with Crippen LogP contribution in [0.15, 0.2) is 6.20 Å². The predicted molar refractivity (Wildman–Crippen MR) is 79.1 cm³/mol. The number of anilines is 2. The average molecular weight is 288 g/mol. The van der Waals surface area contributed by atoms with E-state index < -0.39 is 0 Å². The minimum Gasteiger partial charge on any atom is -0.383 e. The standard InChI is InChI=1S/C12H22ClN5O/c1-4-14-12-16-9-10(13)11(17-12)15-5-6-18(2)7-8-19-3/h9H,4-8H2,1-3H3,(H2,14,15,16,17). The van der Waals surface area contributed by atoms with Crippen molar-refractivity contribution >= 4 is 23.4 Å². The van der Waals surface area contributed by atoms with Gasteiger partial charge in [-0.15, -0.1) is 0 Å². The van der Waals surface area contributed by atoms with Crippen LogP contribution in [0, 0.1) is 0 Å². The van der Waals surface area contributed by atoms with E-state index in [9.17, 15) is 0 Å². The van der Waals surface area contributed by atoms with Crippen LogP contribution in [0.4, 0.5) is 11.8 Å². The van der Waals surface area contributed by atoms with Gasteiger partial charge in [0.05, 0.1) is 12.8 Å². The molecule has 0 amide bonds. The lowest BCUT2D eigenvalue weighted by Crippen LogP contribution is -2.28. The largest absolute Gasteiger partial charge is 0.383 e. The van der Waals surface area contributed by atoms with E-state index in [1.165, 1.54) is 0 Å². The Morgan fingerprint density at radius 2 is 2.16 bits per heavy atom. The molecule has 0 bridgehead atoms. The molecule has 0 unspecified atom stereocenters. The summed E-state index contributed by atoms with van der Waals surface area (Å²) in [5, 5.41) is 6.80. The molecule has 0 spiro atoms. The normalized spacial score (nSPS) is 10.8. The lowest BCUT2D eigenvalue weighted by Gasteiger charge is -2.16. The molecule has 1 rings (SSSR count). The first-order valence-electron chi connectivity index (χ1n) is 6.35. The van der Waals surface area contributed by atoms with Crippen molar-refractivity contribution in [2.45, 2.75) is 6.92 Å².